The minimum absolute atomic E-state index is 0.0520. The van der Waals surface area contributed by atoms with E-state index in [-0.39, 0.29) is 12.3 Å². The highest BCUT2D eigenvalue weighted by atomic mass is 16.2. The van der Waals surface area contributed by atoms with E-state index in [0.717, 1.165) is 0 Å². The first-order valence-electron chi connectivity index (χ1n) is 8.26. The van der Waals surface area contributed by atoms with Gasteiger partial charge >= 0.3 is 0 Å². The maximum atomic E-state index is 12.3. The van der Waals surface area contributed by atoms with Crippen LogP contribution in [0.5, 0.6) is 0 Å². The van der Waals surface area contributed by atoms with Gasteiger partial charge in [-0.1, -0.05) is 42.0 Å². The lowest BCUT2D eigenvalue weighted by molar-refractivity contribution is -0.121. The third-order valence-electron chi connectivity index (χ3n) is 5.40. The van der Waals surface area contributed by atoms with Crippen LogP contribution < -0.4 is 5.32 Å². The standard InChI is InChI=1S/C20H15N5O/c21-10-19(11-22)8-6-15(16-7-9-25-18(16)26)17(20(19,12-23)13-24)14-4-2-1-3-5-14/h1-6,16-17H,7-9H2,(H,25,26). The number of hydrogen-bond donors (Lipinski definition) is 1. The number of amides is 1. The van der Waals surface area contributed by atoms with Crippen molar-refractivity contribution in [2.24, 2.45) is 16.7 Å². The highest BCUT2D eigenvalue weighted by molar-refractivity contribution is 5.84. The number of allylic oxidation sites excluding steroid dienone is 1. The molecule has 1 saturated heterocycles. The van der Waals surface area contributed by atoms with Crippen LogP contribution >= 0.6 is 0 Å². The van der Waals surface area contributed by atoms with Crippen molar-refractivity contribution in [2.75, 3.05) is 6.54 Å². The number of nitriles is 4. The topological polar surface area (TPSA) is 124 Å². The van der Waals surface area contributed by atoms with E-state index >= 15 is 0 Å². The molecule has 1 aromatic rings. The molecule has 1 N–H and O–H groups in total. The first-order chi connectivity index (χ1) is 12.6. The van der Waals surface area contributed by atoms with Crippen molar-refractivity contribution in [1.29, 1.82) is 21.0 Å². The molecule has 0 bridgehead atoms. The van der Waals surface area contributed by atoms with Crippen molar-refractivity contribution in [1.82, 2.24) is 5.32 Å². The van der Waals surface area contributed by atoms with Gasteiger partial charge in [0.2, 0.25) is 5.91 Å². The molecule has 1 fully saturated rings. The molecule has 6 nitrogen and oxygen atoms in total. The molecule has 3 rings (SSSR count). The second-order valence-electron chi connectivity index (χ2n) is 6.54. The molecule has 0 radical (unpaired) electrons. The Morgan fingerprint density at radius 3 is 2.15 bits per heavy atom. The summed E-state index contributed by atoms with van der Waals surface area (Å²) in [6.45, 7) is 0.524. The van der Waals surface area contributed by atoms with Crippen molar-refractivity contribution in [3.8, 4) is 24.3 Å². The molecule has 6 heteroatoms. The zero-order valence-electron chi connectivity index (χ0n) is 13.9. The maximum absolute atomic E-state index is 12.3. The molecule has 0 aromatic heterocycles. The Morgan fingerprint density at radius 1 is 1.00 bits per heavy atom. The van der Waals surface area contributed by atoms with Crippen LogP contribution in [0.4, 0.5) is 0 Å². The van der Waals surface area contributed by atoms with Crippen LogP contribution in [0, 0.1) is 62.1 Å². The number of hydrogen-bond acceptors (Lipinski definition) is 5. The summed E-state index contributed by atoms with van der Waals surface area (Å²) in [5.41, 5.74) is -2.40. The molecule has 0 saturated carbocycles. The second-order valence-corrected chi connectivity index (χ2v) is 6.54. The van der Waals surface area contributed by atoms with Crippen LogP contribution in [0.15, 0.2) is 42.0 Å². The summed E-state index contributed by atoms with van der Waals surface area (Å²) >= 11 is 0. The molecule has 26 heavy (non-hydrogen) atoms. The SMILES string of the molecule is N#CC1(C#N)CC=C(C2CCNC2=O)C(c2ccccc2)C1(C#N)C#N. The minimum atomic E-state index is -1.90. The number of nitrogens with one attached hydrogen (secondary N) is 1. The smallest absolute Gasteiger partial charge is 0.227 e. The molecular weight excluding hydrogens is 326 g/mol. The van der Waals surface area contributed by atoms with Gasteiger partial charge in [-0.2, -0.15) is 21.0 Å². The zero-order chi connectivity index (χ0) is 18.8. The highest BCUT2D eigenvalue weighted by Gasteiger charge is 2.63. The monoisotopic (exact) mass is 341 g/mol. The molecule has 1 amide bonds. The lowest BCUT2D eigenvalue weighted by Gasteiger charge is -2.43. The predicted octanol–water partition coefficient (Wildman–Crippen LogP) is 2.30. The summed E-state index contributed by atoms with van der Waals surface area (Å²) in [5.74, 6) is -1.43. The summed E-state index contributed by atoms with van der Waals surface area (Å²) in [5, 5.41) is 42.2. The quantitative estimate of drug-likeness (QED) is 0.826. The molecule has 126 valence electrons. The molecule has 1 aliphatic heterocycles. The van der Waals surface area contributed by atoms with Gasteiger partial charge in [-0.3, -0.25) is 4.79 Å². The molecule has 0 spiro atoms. The fourth-order valence-corrected chi connectivity index (χ4v) is 4.03. The summed E-state index contributed by atoms with van der Waals surface area (Å²) in [7, 11) is 0. The molecule has 2 aliphatic rings. The van der Waals surface area contributed by atoms with Crippen LogP contribution in [-0.4, -0.2) is 12.5 Å². The fraction of sp³-hybridized carbons (Fsp3) is 0.350. The van der Waals surface area contributed by atoms with Gasteiger partial charge in [-0.05, 0) is 12.0 Å². The van der Waals surface area contributed by atoms with Crippen molar-refractivity contribution >= 4 is 5.91 Å². The van der Waals surface area contributed by atoms with Gasteiger partial charge in [0.25, 0.3) is 0 Å². The Bertz CT molecular complexity index is 908. The van der Waals surface area contributed by atoms with E-state index in [0.29, 0.717) is 24.1 Å². The third kappa shape index (κ3) is 2.17. The van der Waals surface area contributed by atoms with Crippen LogP contribution in [0.2, 0.25) is 0 Å². The van der Waals surface area contributed by atoms with Gasteiger partial charge in [0.1, 0.15) is 0 Å². The molecule has 2 atom stereocenters. The highest BCUT2D eigenvalue weighted by Crippen LogP contribution is 2.58. The summed E-state index contributed by atoms with van der Waals surface area (Å²) in [6, 6.07) is 16.7. The van der Waals surface area contributed by atoms with Gasteiger partial charge < -0.3 is 5.32 Å². The van der Waals surface area contributed by atoms with Gasteiger partial charge in [-0.15, -0.1) is 0 Å². The molecule has 1 aromatic carbocycles. The van der Waals surface area contributed by atoms with Crippen LogP contribution in [0.25, 0.3) is 0 Å². The second kappa shape index (κ2) is 6.36. The number of rotatable bonds is 2. The largest absolute Gasteiger partial charge is 0.356 e. The summed E-state index contributed by atoms with van der Waals surface area (Å²) in [6.07, 6.45) is 2.23. The average Bonchev–Trinajstić information content (AvgIpc) is 3.12. The summed E-state index contributed by atoms with van der Waals surface area (Å²) < 4.78 is 0. The van der Waals surface area contributed by atoms with Gasteiger partial charge in [0.15, 0.2) is 10.8 Å². The average molecular weight is 341 g/mol. The van der Waals surface area contributed by atoms with Gasteiger partial charge in [-0.25, -0.2) is 0 Å². The number of nitrogens with zero attached hydrogens (tertiary/aromatic N) is 4. The van der Waals surface area contributed by atoms with E-state index in [2.05, 4.69) is 5.32 Å². The maximum Gasteiger partial charge on any atom is 0.227 e. The van der Waals surface area contributed by atoms with Crippen LogP contribution in [-0.2, 0) is 4.79 Å². The third-order valence-corrected chi connectivity index (χ3v) is 5.40. The van der Waals surface area contributed by atoms with Crippen molar-refractivity contribution in [2.45, 2.75) is 18.8 Å². The molecule has 1 heterocycles. The first-order valence-corrected chi connectivity index (χ1v) is 8.26. The Balaban J connectivity index is 2.31. The first kappa shape index (κ1) is 17.2. The van der Waals surface area contributed by atoms with Crippen LogP contribution in [0.1, 0.15) is 24.3 Å². The number of carbonyl (C=O) groups is 1. The van der Waals surface area contributed by atoms with Crippen molar-refractivity contribution < 1.29 is 4.79 Å². The molecular formula is C20H15N5O. The van der Waals surface area contributed by atoms with Crippen LogP contribution in [0.3, 0.4) is 0 Å². The van der Waals surface area contributed by atoms with E-state index in [1.165, 1.54) is 0 Å². The minimum Gasteiger partial charge on any atom is -0.356 e. The van der Waals surface area contributed by atoms with E-state index in [4.69, 9.17) is 0 Å². The lowest BCUT2D eigenvalue weighted by atomic mass is 9.51. The van der Waals surface area contributed by atoms with E-state index in [9.17, 15) is 25.8 Å². The van der Waals surface area contributed by atoms with E-state index < -0.39 is 22.7 Å². The van der Waals surface area contributed by atoms with Gasteiger partial charge in [0.05, 0.1) is 30.2 Å². The van der Waals surface area contributed by atoms with Crippen molar-refractivity contribution in [3.63, 3.8) is 0 Å². The lowest BCUT2D eigenvalue weighted by Crippen LogP contribution is -2.47. The Hall–Kier alpha value is -3.61. The Kier molecular flexibility index (Phi) is 4.21. The predicted molar refractivity (Wildman–Crippen MR) is 90.3 cm³/mol. The fourth-order valence-electron chi connectivity index (χ4n) is 4.03. The Labute approximate surface area is 151 Å². The molecule has 1 aliphatic carbocycles. The van der Waals surface area contributed by atoms with Gasteiger partial charge in [0, 0.05) is 18.9 Å². The number of carbonyl (C=O) groups excluding carboxylic acids is 1. The van der Waals surface area contributed by atoms with E-state index in [1.54, 1.807) is 36.4 Å². The zero-order valence-corrected chi connectivity index (χ0v) is 13.9. The summed E-state index contributed by atoms with van der Waals surface area (Å²) in [4.78, 5) is 12.3. The Morgan fingerprint density at radius 2 is 1.65 bits per heavy atom. The van der Waals surface area contributed by atoms with Crippen molar-refractivity contribution in [3.05, 3.63) is 47.5 Å². The normalized spacial score (nSPS) is 25.5. The van der Waals surface area contributed by atoms with E-state index in [1.807, 2.05) is 24.3 Å². The molecule has 2 unspecified atom stereocenters. The number of benzene rings is 1.